The molecule has 2 aromatic carbocycles. The van der Waals surface area contributed by atoms with Crippen LogP contribution in [-0.2, 0) is 11.3 Å². The molecule has 29 heavy (non-hydrogen) atoms. The van der Waals surface area contributed by atoms with Crippen LogP contribution in [0.1, 0.15) is 36.2 Å². The Morgan fingerprint density at radius 2 is 1.79 bits per heavy atom. The molecule has 0 aromatic heterocycles. The fraction of sp³-hybridized carbons (Fsp3) is 0.435. The summed E-state index contributed by atoms with van der Waals surface area (Å²) < 4.78 is 16.7. The lowest BCUT2D eigenvalue weighted by molar-refractivity contribution is 0.0950. The second kappa shape index (κ2) is 10.7. The Kier molecular flexibility index (Phi) is 7.76. The number of nitrogens with one attached hydrogen (secondary N) is 1. The van der Waals surface area contributed by atoms with Crippen molar-refractivity contribution in [2.45, 2.75) is 26.8 Å². The molecular weight excluding hydrogens is 368 g/mol. The van der Waals surface area contributed by atoms with Gasteiger partial charge < -0.3 is 24.4 Å². The number of carbonyl (C=O) groups excluding carboxylic acids is 1. The minimum absolute atomic E-state index is 0.134. The normalized spacial score (nSPS) is 13.8. The molecule has 156 valence electrons. The van der Waals surface area contributed by atoms with Crippen LogP contribution in [0.2, 0.25) is 0 Å². The average Bonchev–Trinajstić information content (AvgIpc) is 2.77. The average molecular weight is 399 g/mol. The standard InChI is InChI=1S/C23H30N2O4/c1-3-13-29-21-10-7-19(16-22(21)28-4-2)23(26)24-17-18-5-8-20(9-6-18)25-11-14-27-15-12-25/h5-10,16H,3-4,11-15,17H2,1-2H3,(H,24,26). The van der Waals surface area contributed by atoms with Crippen molar-refractivity contribution in [2.24, 2.45) is 0 Å². The maximum Gasteiger partial charge on any atom is 0.251 e. The number of anilines is 1. The molecule has 0 radical (unpaired) electrons. The molecule has 0 bridgehead atoms. The van der Waals surface area contributed by atoms with Crippen molar-refractivity contribution < 1.29 is 19.0 Å². The van der Waals surface area contributed by atoms with Gasteiger partial charge in [-0.15, -0.1) is 0 Å². The topological polar surface area (TPSA) is 60.0 Å². The van der Waals surface area contributed by atoms with Gasteiger partial charge in [0.05, 0.1) is 26.4 Å². The molecule has 0 aliphatic carbocycles. The van der Waals surface area contributed by atoms with Gasteiger partial charge in [-0.1, -0.05) is 19.1 Å². The highest BCUT2D eigenvalue weighted by atomic mass is 16.5. The maximum absolute atomic E-state index is 12.6. The van der Waals surface area contributed by atoms with Crippen molar-refractivity contribution >= 4 is 11.6 Å². The molecule has 0 atom stereocenters. The Labute approximate surface area is 172 Å². The number of rotatable bonds is 9. The van der Waals surface area contributed by atoms with E-state index in [-0.39, 0.29) is 5.91 Å². The Balaban J connectivity index is 1.59. The number of nitrogens with zero attached hydrogens (tertiary/aromatic N) is 1. The van der Waals surface area contributed by atoms with Crippen molar-refractivity contribution in [3.05, 3.63) is 53.6 Å². The Hall–Kier alpha value is -2.73. The zero-order valence-electron chi connectivity index (χ0n) is 17.3. The molecule has 1 amide bonds. The molecule has 6 nitrogen and oxygen atoms in total. The van der Waals surface area contributed by atoms with Crippen LogP contribution < -0.4 is 19.7 Å². The lowest BCUT2D eigenvalue weighted by Gasteiger charge is -2.28. The molecule has 0 spiro atoms. The third-order valence-electron chi connectivity index (χ3n) is 4.73. The van der Waals surface area contributed by atoms with Gasteiger partial charge in [0.2, 0.25) is 0 Å². The van der Waals surface area contributed by atoms with Crippen molar-refractivity contribution in [3.63, 3.8) is 0 Å². The zero-order valence-corrected chi connectivity index (χ0v) is 17.3. The first kappa shape index (κ1) is 21.0. The van der Waals surface area contributed by atoms with Gasteiger partial charge in [0, 0.05) is 30.9 Å². The first-order valence-electron chi connectivity index (χ1n) is 10.3. The monoisotopic (exact) mass is 398 g/mol. The molecule has 2 aromatic rings. The largest absolute Gasteiger partial charge is 0.490 e. The van der Waals surface area contributed by atoms with Crippen molar-refractivity contribution in [2.75, 3.05) is 44.4 Å². The lowest BCUT2D eigenvalue weighted by Crippen LogP contribution is -2.36. The predicted octanol–water partition coefficient (Wildman–Crippen LogP) is 3.64. The summed E-state index contributed by atoms with van der Waals surface area (Å²) >= 11 is 0. The predicted molar refractivity (Wildman–Crippen MR) is 114 cm³/mol. The van der Waals surface area contributed by atoms with Gasteiger partial charge in [0.25, 0.3) is 5.91 Å². The van der Waals surface area contributed by atoms with E-state index in [1.165, 1.54) is 5.69 Å². The van der Waals surface area contributed by atoms with E-state index in [0.29, 0.717) is 36.8 Å². The Morgan fingerprint density at radius 1 is 1.03 bits per heavy atom. The fourth-order valence-corrected chi connectivity index (χ4v) is 3.18. The molecule has 1 aliphatic heterocycles. The SMILES string of the molecule is CCCOc1ccc(C(=O)NCc2ccc(N3CCOCC3)cc2)cc1OCC. The molecule has 1 fully saturated rings. The van der Waals surface area contributed by atoms with E-state index >= 15 is 0 Å². The summed E-state index contributed by atoms with van der Waals surface area (Å²) in [5.74, 6) is 1.14. The van der Waals surface area contributed by atoms with Gasteiger partial charge in [-0.25, -0.2) is 0 Å². The number of hydrogen-bond donors (Lipinski definition) is 1. The summed E-state index contributed by atoms with van der Waals surface area (Å²) in [5.41, 5.74) is 2.80. The van der Waals surface area contributed by atoms with Gasteiger partial charge in [-0.2, -0.15) is 0 Å². The molecule has 6 heteroatoms. The van der Waals surface area contributed by atoms with Gasteiger partial charge in [-0.05, 0) is 49.2 Å². The van der Waals surface area contributed by atoms with Gasteiger partial charge in [0.15, 0.2) is 11.5 Å². The highest BCUT2D eigenvalue weighted by Gasteiger charge is 2.13. The third-order valence-corrected chi connectivity index (χ3v) is 4.73. The summed E-state index contributed by atoms with van der Waals surface area (Å²) in [6, 6.07) is 13.6. The minimum atomic E-state index is -0.134. The molecule has 0 saturated carbocycles. The Morgan fingerprint density at radius 3 is 2.48 bits per heavy atom. The highest BCUT2D eigenvalue weighted by Crippen LogP contribution is 2.28. The number of benzene rings is 2. The van der Waals surface area contributed by atoms with Crippen molar-refractivity contribution in [3.8, 4) is 11.5 Å². The molecule has 3 rings (SSSR count). The van der Waals surface area contributed by atoms with Gasteiger partial charge in [0.1, 0.15) is 0 Å². The van der Waals surface area contributed by atoms with E-state index in [2.05, 4.69) is 41.4 Å². The van der Waals surface area contributed by atoms with E-state index in [4.69, 9.17) is 14.2 Å². The molecule has 1 aliphatic rings. The van der Waals surface area contributed by atoms with Crippen molar-refractivity contribution in [1.82, 2.24) is 5.32 Å². The fourth-order valence-electron chi connectivity index (χ4n) is 3.18. The summed E-state index contributed by atoms with van der Waals surface area (Å²) in [5, 5.41) is 2.98. The maximum atomic E-state index is 12.6. The first-order chi connectivity index (χ1) is 14.2. The number of ether oxygens (including phenoxy) is 3. The van der Waals surface area contributed by atoms with Crippen LogP contribution in [0.15, 0.2) is 42.5 Å². The van der Waals surface area contributed by atoms with Gasteiger partial charge >= 0.3 is 0 Å². The summed E-state index contributed by atoms with van der Waals surface area (Å²) in [6.07, 6.45) is 0.915. The number of morpholine rings is 1. The van der Waals surface area contributed by atoms with Crippen LogP contribution in [0.4, 0.5) is 5.69 Å². The Bertz CT molecular complexity index is 786. The summed E-state index contributed by atoms with van der Waals surface area (Å²) in [7, 11) is 0. The zero-order chi connectivity index (χ0) is 20.5. The smallest absolute Gasteiger partial charge is 0.251 e. The van der Waals surface area contributed by atoms with Crippen LogP contribution in [0, 0.1) is 0 Å². The molecule has 1 N–H and O–H groups in total. The number of carbonyl (C=O) groups is 1. The van der Waals surface area contributed by atoms with Gasteiger partial charge in [-0.3, -0.25) is 4.79 Å². The van der Waals surface area contributed by atoms with E-state index in [1.54, 1.807) is 18.2 Å². The number of amides is 1. The van der Waals surface area contributed by atoms with E-state index in [9.17, 15) is 4.79 Å². The highest BCUT2D eigenvalue weighted by molar-refractivity contribution is 5.94. The van der Waals surface area contributed by atoms with E-state index < -0.39 is 0 Å². The second-order valence-corrected chi connectivity index (χ2v) is 6.89. The summed E-state index contributed by atoms with van der Waals surface area (Å²) in [6.45, 7) is 8.93. The van der Waals surface area contributed by atoms with Crippen LogP contribution >= 0.6 is 0 Å². The third kappa shape index (κ3) is 5.87. The van der Waals surface area contributed by atoms with E-state index in [0.717, 1.165) is 38.3 Å². The second-order valence-electron chi connectivity index (χ2n) is 6.89. The number of hydrogen-bond acceptors (Lipinski definition) is 5. The molecular formula is C23H30N2O4. The molecule has 1 heterocycles. The van der Waals surface area contributed by atoms with Crippen molar-refractivity contribution in [1.29, 1.82) is 0 Å². The quantitative estimate of drug-likeness (QED) is 0.699. The lowest BCUT2D eigenvalue weighted by atomic mass is 10.1. The molecule has 0 unspecified atom stereocenters. The summed E-state index contributed by atoms with van der Waals surface area (Å²) in [4.78, 5) is 14.9. The van der Waals surface area contributed by atoms with Crippen LogP contribution in [0.5, 0.6) is 11.5 Å². The van der Waals surface area contributed by atoms with Crippen LogP contribution in [-0.4, -0.2) is 45.4 Å². The van der Waals surface area contributed by atoms with Crippen LogP contribution in [0.25, 0.3) is 0 Å². The minimum Gasteiger partial charge on any atom is -0.490 e. The first-order valence-corrected chi connectivity index (χ1v) is 10.3. The van der Waals surface area contributed by atoms with E-state index in [1.807, 2.05) is 6.92 Å². The van der Waals surface area contributed by atoms with Crippen LogP contribution in [0.3, 0.4) is 0 Å². The molecule has 1 saturated heterocycles.